The molecule has 0 unspecified atom stereocenters. The number of nitrogens with zero attached hydrogens (tertiary/aromatic N) is 3. The highest BCUT2D eigenvalue weighted by atomic mass is 32.1. The molecule has 1 aliphatic carbocycles. The number of rotatable bonds is 2. The van der Waals surface area contributed by atoms with Crippen molar-refractivity contribution < 1.29 is 0 Å². The van der Waals surface area contributed by atoms with Gasteiger partial charge >= 0.3 is 0 Å². The van der Waals surface area contributed by atoms with Crippen LogP contribution >= 0.6 is 11.3 Å². The molecular weight excluding hydrogens is 603 g/mol. The summed E-state index contributed by atoms with van der Waals surface area (Å²) in [6.07, 6.45) is 3.04. The van der Waals surface area contributed by atoms with Crippen molar-refractivity contribution in [2.75, 3.05) is 0 Å². The maximum atomic E-state index is 5.54. The van der Waals surface area contributed by atoms with E-state index in [1.165, 1.54) is 74.4 Å². The predicted molar refractivity (Wildman–Crippen MR) is 205 cm³/mol. The van der Waals surface area contributed by atoms with Gasteiger partial charge in [0.15, 0.2) is 5.82 Å². The molecule has 3 heterocycles. The first-order chi connectivity index (χ1) is 23.7. The first kappa shape index (κ1) is 26.3. The van der Waals surface area contributed by atoms with Gasteiger partial charge in [0.05, 0.1) is 27.1 Å². The van der Waals surface area contributed by atoms with Gasteiger partial charge in [0.2, 0.25) is 0 Å². The third kappa shape index (κ3) is 3.53. The summed E-state index contributed by atoms with van der Waals surface area (Å²) >= 11 is 1.89. The van der Waals surface area contributed by atoms with Crippen LogP contribution in [0.2, 0.25) is 0 Å². The Morgan fingerprint density at radius 1 is 0.604 bits per heavy atom. The molecule has 0 bridgehead atoms. The molecular formula is C44H27N3S. The van der Waals surface area contributed by atoms with Crippen molar-refractivity contribution in [1.29, 1.82) is 0 Å². The number of para-hydroxylation sites is 1. The number of fused-ring (bicyclic) bond motifs is 13. The largest absolute Gasteiger partial charge is 0.290 e. The van der Waals surface area contributed by atoms with Crippen LogP contribution in [0.5, 0.6) is 0 Å². The van der Waals surface area contributed by atoms with E-state index < -0.39 is 0 Å². The van der Waals surface area contributed by atoms with Crippen molar-refractivity contribution in [3.8, 4) is 17.1 Å². The summed E-state index contributed by atoms with van der Waals surface area (Å²) in [7, 11) is 0. The third-order valence-corrected chi connectivity index (χ3v) is 11.3. The maximum Gasteiger partial charge on any atom is 0.165 e. The Morgan fingerprint density at radius 3 is 2.10 bits per heavy atom. The molecule has 0 saturated carbocycles. The Labute approximate surface area is 280 Å². The normalized spacial score (nSPS) is 13.1. The Balaban J connectivity index is 1.38. The second-order valence-corrected chi connectivity index (χ2v) is 14.1. The molecule has 0 spiro atoms. The van der Waals surface area contributed by atoms with E-state index in [0.717, 1.165) is 40.4 Å². The molecule has 0 fully saturated rings. The van der Waals surface area contributed by atoms with Gasteiger partial charge in [-0.15, -0.1) is 11.3 Å². The monoisotopic (exact) mass is 629 g/mol. The predicted octanol–water partition coefficient (Wildman–Crippen LogP) is 12.0. The Bertz CT molecular complexity index is 3040. The first-order valence-corrected chi connectivity index (χ1v) is 17.3. The molecule has 3 aromatic heterocycles. The summed E-state index contributed by atoms with van der Waals surface area (Å²) in [5.41, 5.74) is 7.67. The number of hydrogen-bond acceptors (Lipinski definition) is 3. The Hall–Kier alpha value is -5.84. The van der Waals surface area contributed by atoms with Crippen LogP contribution < -0.4 is 0 Å². The number of aromatic nitrogens is 3. The number of thiophene rings is 1. The smallest absolute Gasteiger partial charge is 0.165 e. The summed E-state index contributed by atoms with van der Waals surface area (Å²) in [6, 6.07) is 46.4. The van der Waals surface area contributed by atoms with Gasteiger partial charge < -0.3 is 0 Å². The molecule has 0 N–H and O–H groups in total. The minimum absolute atomic E-state index is 0.826. The molecule has 48 heavy (non-hydrogen) atoms. The number of benzene rings is 7. The fraction of sp³-hybridized carbons (Fsp3) is 0.0455. The standard InChI is InChI=1S/C44H27N3S/c1-25-21-35-36(22-25)46-44(41(45-35)32-19-10-14-26-11-4-5-15-29(26)32)47-37-20-9-8-18-33(37)39-30-16-6-7-17-31(30)40-34-23-27-12-2-3-13-28(27)24-38(34)48-43(40)42(39)47/h2-20,22-24H,21H2,1H3. The maximum absolute atomic E-state index is 5.54. The molecule has 1 aliphatic rings. The zero-order chi connectivity index (χ0) is 31.5. The Morgan fingerprint density at radius 2 is 1.27 bits per heavy atom. The van der Waals surface area contributed by atoms with Gasteiger partial charge in [-0.3, -0.25) is 4.57 Å². The van der Waals surface area contributed by atoms with Gasteiger partial charge in [0, 0.05) is 38.2 Å². The summed E-state index contributed by atoms with van der Waals surface area (Å²) in [4.78, 5) is 11.0. The number of allylic oxidation sites excluding steroid dienone is 1. The lowest BCUT2D eigenvalue weighted by atomic mass is 9.98. The fourth-order valence-electron chi connectivity index (χ4n) is 8.12. The van der Waals surface area contributed by atoms with Crippen LogP contribution in [0.25, 0.3) is 97.4 Å². The van der Waals surface area contributed by atoms with E-state index in [9.17, 15) is 0 Å². The van der Waals surface area contributed by atoms with E-state index in [4.69, 9.17) is 9.97 Å². The summed E-state index contributed by atoms with van der Waals surface area (Å²) in [6.45, 7) is 2.18. The molecule has 3 nitrogen and oxygen atoms in total. The number of hydrogen-bond donors (Lipinski definition) is 0. The van der Waals surface area contributed by atoms with E-state index >= 15 is 0 Å². The summed E-state index contributed by atoms with van der Waals surface area (Å²) < 4.78 is 5.01. The van der Waals surface area contributed by atoms with Gasteiger partial charge in [-0.2, -0.15) is 0 Å². The average Bonchev–Trinajstić information content (AvgIpc) is 3.80. The van der Waals surface area contributed by atoms with Gasteiger partial charge in [-0.25, -0.2) is 9.97 Å². The molecule has 4 heteroatoms. The zero-order valence-electron chi connectivity index (χ0n) is 26.2. The minimum Gasteiger partial charge on any atom is -0.290 e. The van der Waals surface area contributed by atoms with E-state index in [1.54, 1.807) is 0 Å². The topological polar surface area (TPSA) is 30.7 Å². The van der Waals surface area contributed by atoms with Crippen LogP contribution in [-0.4, -0.2) is 14.5 Å². The van der Waals surface area contributed by atoms with Crippen molar-refractivity contribution >= 4 is 91.7 Å². The van der Waals surface area contributed by atoms with Crippen molar-refractivity contribution in [2.24, 2.45) is 0 Å². The van der Waals surface area contributed by atoms with Crippen molar-refractivity contribution in [2.45, 2.75) is 13.3 Å². The summed E-state index contributed by atoms with van der Waals surface area (Å²) in [5, 5.41) is 12.6. The highest BCUT2D eigenvalue weighted by Crippen LogP contribution is 2.49. The highest BCUT2D eigenvalue weighted by Gasteiger charge is 2.27. The molecule has 0 amide bonds. The lowest BCUT2D eigenvalue weighted by molar-refractivity contribution is 0.992. The molecule has 224 valence electrons. The van der Waals surface area contributed by atoms with E-state index in [2.05, 4.69) is 145 Å². The molecule has 0 atom stereocenters. The average molecular weight is 630 g/mol. The second-order valence-electron chi connectivity index (χ2n) is 13.0. The van der Waals surface area contributed by atoms with Crippen LogP contribution in [0.1, 0.15) is 18.3 Å². The zero-order valence-corrected chi connectivity index (χ0v) is 27.0. The SMILES string of the molecule is CC1=Cc2nc(-n3c4ccccc4c4c5ccccc5c5c6cc7ccccc7cc6sc5c43)c(-c3cccc4ccccc34)nc2C1. The molecule has 0 saturated heterocycles. The van der Waals surface area contributed by atoms with Crippen LogP contribution in [0.4, 0.5) is 0 Å². The minimum atomic E-state index is 0.826. The van der Waals surface area contributed by atoms with E-state index in [1.807, 2.05) is 11.3 Å². The molecule has 10 aromatic rings. The fourth-order valence-corrected chi connectivity index (χ4v) is 9.41. The third-order valence-electron chi connectivity index (χ3n) is 10.2. The molecule has 11 rings (SSSR count). The molecule has 7 aromatic carbocycles. The summed E-state index contributed by atoms with van der Waals surface area (Å²) in [5.74, 6) is 0.876. The Kier molecular flexibility index (Phi) is 5.25. The first-order valence-electron chi connectivity index (χ1n) is 16.5. The van der Waals surface area contributed by atoms with Gasteiger partial charge in [0.1, 0.15) is 5.69 Å². The van der Waals surface area contributed by atoms with Crippen LogP contribution in [-0.2, 0) is 6.42 Å². The van der Waals surface area contributed by atoms with Crippen molar-refractivity contribution in [3.63, 3.8) is 0 Å². The van der Waals surface area contributed by atoms with Gasteiger partial charge in [0.25, 0.3) is 0 Å². The van der Waals surface area contributed by atoms with Gasteiger partial charge in [-0.05, 0) is 63.5 Å². The van der Waals surface area contributed by atoms with E-state index in [-0.39, 0.29) is 0 Å². The van der Waals surface area contributed by atoms with Crippen LogP contribution in [0.3, 0.4) is 0 Å². The highest BCUT2D eigenvalue weighted by molar-refractivity contribution is 7.27. The second kappa shape index (κ2) is 9.60. The van der Waals surface area contributed by atoms with Crippen molar-refractivity contribution in [3.05, 3.63) is 144 Å². The lowest BCUT2D eigenvalue weighted by Crippen LogP contribution is -2.07. The van der Waals surface area contributed by atoms with Crippen LogP contribution in [0.15, 0.2) is 133 Å². The van der Waals surface area contributed by atoms with Gasteiger partial charge in [-0.1, -0.05) is 115 Å². The molecule has 0 aliphatic heterocycles. The van der Waals surface area contributed by atoms with E-state index in [0.29, 0.717) is 0 Å². The van der Waals surface area contributed by atoms with Crippen molar-refractivity contribution in [1.82, 2.24) is 14.5 Å². The quantitative estimate of drug-likeness (QED) is 0.190. The van der Waals surface area contributed by atoms with Crippen LogP contribution in [0, 0.1) is 0 Å². The molecule has 0 radical (unpaired) electrons. The lowest BCUT2D eigenvalue weighted by Gasteiger charge is -2.16.